The minimum absolute atomic E-state index is 0.118. The number of aromatic nitrogens is 3. The van der Waals surface area contributed by atoms with Crippen molar-refractivity contribution in [1.29, 1.82) is 0 Å². The van der Waals surface area contributed by atoms with Crippen molar-refractivity contribution in [3.05, 3.63) is 35.9 Å². The van der Waals surface area contributed by atoms with Gasteiger partial charge in [0.05, 0.1) is 0 Å². The Bertz CT molecular complexity index is 597. The number of amides is 1. The number of benzene rings is 1. The maximum absolute atomic E-state index is 12.0. The maximum Gasteiger partial charge on any atom is 0.295 e. The molecule has 1 aromatic heterocycles. The normalized spacial score (nSPS) is 11.3. The fourth-order valence-corrected chi connectivity index (χ4v) is 1.50. The van der Waals surface area contributed by atoms with Crippen molar-refractivity contribution in [3.8, 4) is 0 Å². The van der Waals surface area contributed by atoms with Crippen molar-refractivity contribution in [2.24, 2.45) is 0 Å². The van der Waals surface area contributed by atoms with E-state index in [1.165, 1.54) is 0 Å². The van der Waals surface area contributed by atoms with Gasteiger partial charge in [-0.05, 0) is 18.2 Å². The summed E-state index contributed by atoms with van der Waals surface area (Å²) in [6.45, 7) is 5.98. The molecule has 0 aliphatic heterocycles. The molecular weight excluding hydrogens is 242 g/mol. The summed E-state index contributed by atoms with van der Waals surface area (Å²) in [5.74, 6) is 0.426. The van der Waals surface area contributed by atoms with Crippen LogP contribution in [0.3, 0.4) is 0 Å². The van der Waals surface area contributed by atoms with E-state index in [1.807, 2.05) is 20.8 Å². The van der Waals surface area contributed by atoms with Gasteiger partial charge in [0.25, 0.3) is 5.91 Å². The number of hydrogen-bond acceptors (Lipinski definition) is 4. The first-order chi connectivity index (χ1) is 8.86. The van der Waals surface area contributed by atoms with Crippen molar-refractivity contribution in [2.45, 2.75) is 26.2 Å². The minimum atomic E-state index is -0.364. The zero-order chi connectivity index (χ0) is 14.0. The van der Waals surface area contributed by atoms with Crippen LogP contribution >= 0.6 is 0 Å². The molecule has 2 aromatic rings. The molecule has 6 heteroatoms. The van der Waals surface area contributed by atoms with Gasteiger partial charge in [0.2, 0.25) is 5.82 Å². The molecule has 0 aliphatic carbocycles. The van der Waals surface area contributed by atoms with Crippen molar-refractivity contribution < 1.29 is 4.79 Å². The SMILES string of the molecule is CC(C)(C)c1nc(C(=O)Nc2cccc(N)c2)n[nH]1. The van der Waals surface area contributed by atoms with Gasteiger partial charge in [-0.2, -0.15) is 0 Å². The topological polar surface area (TPSA) is 96.7 Å². The highest BCUT2D eigenvalue weighted by Gasteiger charge is 2.21. The summed E-state index contributed by atoms with van der Waals surface area (Å²) in [6, 6.07) is 6.95. The maximum atomic E-state index is 12.0. The number of nitrogens with zero attached hydrogens (tertiary/aromatic N) is 2. The Kier molecular flexibility index (Phi) is 3.25. The first kappa shape index (κ1) is 13.1. The molecule has 1 amide bonds. The molecule has 0 unspecified atom stereocenters. The molecule has 1 heterocycles. The van der Waals surface area contributed by atoms with Crippen molar-refractivity contribution in [3.63, 3.8) is 0 Å². The van der Waals surface area contributed by atoms with E-state index in [4.69, 9.17) is 5.73 Å². The second kappa shape index (κ2) is 4.72. The van der Waals surface area contributed by atoms with Gasteiger partial charge in [-0.1, -0.05) is 26.8 Å². The summed E-state index contributed by atoms with van der Waals surface area (Å²) in [5.41, 5.74) is 6.67. The van der Waals surface area contributed by atoms with Crippen LogP contribution in [0.1, 0.15) is 37.2 Å². The quantitative estimate of drug-likeness (QED) is 0.718. The minimum Gasteiger partial charge on any atom is -0.399 e. The van der Waals surface area contributed by atoms with E-state index >= 15 is 0 Å². The monoisotopic (exact) mass is 259 g/mol. The molecule has 0 radical (unpaired) electrons. The summed E-state index contributed by atoms with van der Waals surface area (Å²) in [4.78, 5) is 16.2. The standard InChI is InChI=1S/C13H17N5O/c1-13(2,3)12-16-10(17-18-12)11(19)15-9-6-4-5-8(14)7-9/h4-7H,14H2,1-3H3,(H,15,19)(H,16,17,18). The number of nitrogens with two attached hydrogens (primary N) is 1. The van der Waals surface area contributed by atoms with E-state index in [2.05, 4.69) is 20.5 Å². The van der Waals surface area contributed by atoms with Gasteiger partial charge in [0.1, 0.15) is 5.82 Å². The lowest BCUT2D eigenvalue weighted by molar-refractivity contribution is 0.101. The van der Waals surface area contributed by atoms with Gasteiger partial charge in [0.15, 0.2) is 0 Å². The molecule has 0 fully saturated rings. The number of nitrogens with one attached hydrogen (secondary N) is 2. The Morgan fingerprint density at radius 1 is 1.37 bits per heavy atom. The lowest BCUT2D eigenvalue weighted by atomic mass is 9.96. The molecule has 100 valence electrons. The zero-order valence-corrected chi connectivity index (χ0v) is 11.2. The number of hydrogen-bond donors (Lipinski definition) is 3. The number of rotatable bonds is 2. The Balaban J connectivity index is 2.14. The molecule has 0 bridgehead atoms. The average molecular weight is 259 g/mol. The molecule has 0 saturated carbocycles. The van der Waals surface area contributed by atoms with E-state index in [0.717, 1.165) is 0 Å². The highest BCUT2D eigenvalue weighted by Crippen LogP contribution is 2.18. The number of nitrogen functional groups attached to an aromatic ring is 1. The highest BCUT2D eigenvalue weighted by molar-refractivity contribution is 6.01. The van der Waals surface area contributed by atoms with Gasteiger partial charge < -0.3 is 11.1 Å². The van der Waals surface area contributed by atoms with E-state index in [1.54, 1.807) is 24.3 Å². The van der Waals surface area contributed by atoms with Crippen molar-refractivity contribution >= 4 is 17.3 Å². The Morgan fingerprint density at radius 2 is 2.11 bits per heavy atom. The van der Waals surface area contributed by atoms with E-state index in [9.17, 15) is 4.79 Å². The Morgan fingerprint density at radius 3 is 2.68 bits per heavy atom. The zero-order valence-electron chi connectivity index (χ0n) is 11.2. The molecule has 19 heavy (non-hydrogen) atoms. The summed E-state index contributed by atoms with van der Waals surface area (Å²) in [7, 11) is 0. The van der Waals surface area contributed by atoms with Crippen LogP contribution in [-0.2, 0) is 5.41 Å². The van der Waals surface area contributed by atoms with Crippen LogP contribution in [0.4, 0.5) is 11.4 Å². The largest absolute Gasteiger partial charge is 0.399 e. The van der Waals surface area contributed by atoms with Gasteiger partial charge in [-0.25, -0.2) is 4.98 Å². The lowest BCUT2D eigenvalue weighted by Crippen LogP contribution is -2.16. The van der Waals surface area contributed by atoms with E-state index < -0.39 is 0 Å². The molecule has 0 saturated heterocycles. The fraction of sp³-hybridized carbons (Fsp3) is 0.308. The van der Waals surface area contributed by atoms with Crippen molar-refractivity contribution in [2.75, 3.05) is 11.1 Å². The third-order valence-electron chi connectivity index (χ3n) is 2.54. The number of aromatic amines is 1. The number of carbonyl (C=O) groups excluding carboxylic acids is 1. The summed E-state index contributed by atoms with van der Waals surface area (Å²) < 4.78 is 0. The van der Waals surface area contributed by atoms with Gasteiger partial charge in [0, 0.05) is 16.8 Å². The molecule has 0 spiro atoms. The summed E-state index contributed by atoms with van der Waals surface area (Å²) >= 11 is 0. The molecule has 0 aliphatic rings. The average Bonchev–Trinajstić information content (AvgIpc) is 2.77. The van der Waals surface area contributed by atoms with E-state index in [0.29, 0.717) is 17.2 Å². The second-order valence-corrected chi connectivity index (χ2v) is 5.34. The number of anilines is 2. The fourth-order valence-electron chi connectivity index (χ4n) is 1.50. The summed E-state index contributed by atoms with van der Waals surface area (Å²) in [6.07, 6.45) is 0. The van der Waals surface area contributed by atoms with Gasteiger partial charge in [-0.3, -0.25) is 9.89 Å². The van der Waals surface area contributed by atoms with Gasteiger partial charge in [-0.15, -0.1) is 5.10 Å². The van der Waals surface area contributed by atoms with Crippen LogP contribution in [-0.4, -0.2) is 21.1 Å². The lowest BCUT2D eigenvalue weighted by Gasteiger charge is -2.12. The Labute approximate surface area is 111 Å². The van der Waals surface area contributed by atoms with Crippen LogP contribution < -0.4 is 11.1 Å². The molecular formula is C13H17N5O. The molecule has 4 N–H and O–H groups in total. The first-order valence-electron chi connectivity index (χ1n) is 5.96. The number of carbonyl (C=O) groups is 1. The Hall–Kier alpha value is -2.37. The number of H-pyrrole nitrogens is 1. The molecule has 1 aromatic carbocycles. The van der Waals surface area contributed by atoms with Crippen LogP contribution in [0.2, 0.25) is 0 Å². The smallest absolute Gasteiger partial charge is 0.295 e. The molecule has 2 rings (SSSR count). The van der Waals surface area contributed by atoms with Crippen molar-refractivity contribution in [1.82, 2.24) is 15.2 Å². The van der Waals surface area contributed by atoms with Crippen LogP contribution in [0.25, 0.3) is 0 Å². The predicted molar refractivity (Wildman–Crippen MR) is 73.9 cm³/mol. The third-order valence-corrected chi connectivity index (χ3v) is 2.54. The van der Waals surface area contributed by atoms with Crippen LogP contribution in [0, 0.1) is 0 Å². The van der Waals surface area contributed by atoms with Gasteiger partial charge >= 0.3 is 0 Å². The molecule has 0 atom stereocenters. The summed E-state index contributed by atoms with van der Waals surface area (Å²) in [5, 5.41) is 9.40. The van der Waals surface area contributed by atoms with E-state index in [-0.39, 0.29) is 17.1 Å². The highest BCUT2D eigenvalue weighted by atomic mass is 16.2. The van der Waals surface area contributed by atoms with Crippen LogP contribution in [0.15, 0.2) is 24.3 Å². The first-order valence-corrected chi connectivity index (χ1v) is 5.96. The third kappa shape index (κ3) is 3.09. The second-order valence-electron chi connectivity index (χ2n) is 5.34. The molecule has 6 nitrogen and oxygen atoms in total. The van der Waals surface area contributed by atoms with Crippen LogP contribution in [0.5, 0.6) is 0 Å². The predicted octanol–water partition coefficient (Wildman–Crippen LogP) is 1.94.